The zero-order valence-electron chi connectivity index (χ0n) is 9.28. The maximum Gasteiger partial charge on any atom is 0.0594 e. The molecular weight excluding hydrogens is 186 g/mol. The molecule has 2 rings (SSSR count). The highest BCUT2D eigenvalue weighted by Crippen LogP contribution is 2.23. The smallest absolute Gasteiger partial charge is 0.0594 e. The van der Waals surface area contributed by atoms with Gasteiger partial charge in [-0.2, -0.15) is 0 Å². The van der Waals surface area contributed by atoms with Gasteiger partial charge in [-0.1, -0.05) is 29.8 Å². The maximum atomic E-state index is 6.14. The van der Waals surface area contributed by atoms with E-state index in [-0.39, 0.29) is 6.04 Å². The van der Waals surface area contributed by atoms with Crippen LogP contribution in [0, 0.1) is 6.92 Å². The molecule has 82 valence electrons. The van der Waals surface area contributed by atoms with Crippen molar-refractivity contribution >= 4 is 0 Å². The second-order valence-corrected chi connectivity index (χ2v) is 4.39. The summed E-state index contributed by atoms with van der Waals surface area (Å²) < 4.78 is 5.59. The number of benzene rings is 1. The Kier molecular flexibility index (Phi) is 3.39. The van der Waals surface area contributed by atoms with E-state index in [9.17, 15) is 0 Å². The zero-order valence-corrected chi connectivity index (χ0v) is 9.28. The van der Waals surface area contributed by atoms with Gasteiger partial charge in [0.1, 0.15) is 0 Å². The van der Waals surface area contributed by atoms with Gasteiger partial charge in [-0.25, -0.2) is 0 Å². The van der Waals surface area contributed by atoms with Crippen molar-refractivity contribution in [2.24, 2.45) is 5.73 Å². The Morgan fingerprint density at radius 1 is 1.40 bits per heavy atom. The first kappa shape index (κ1) is 10.7. The molecule has 0 aliphatic carbocycles. The fraction of sp³-hybridized carbons (Fsp3) is 0.538. The van der Waals surface area contributed by atoms with Crippen LogP contribution in [0.2, 0.25) is 0 Å². The van der Waals surface area contributed by atoms with Crippen molar-refractivity contribution in [2.75, 3.05) is 6.61 Å². The molecule has 2 atom stereocenters. The summed E-state index contributed by atoms with van der Waals surface area (Å²) in [5, 5.41) is 0. The molecule has 2 nitrogen and oxygen atoms in total. The van der Waals surface area contributed by atoms with Crippen LogP contribution in [-0.2, 0) is 4.74 Å². The summed E-state index contributed by atoms with van der Waals surface area (Å²) in [5.41, 5.74) is 8.64. The van der Waals surface area contributed by atoms with Gasteiger partial charge in [0, 0.05) is 12.6 Å². The minimum absolute atomic E-state index is 0.119. The number of nitrogens with two attached hydrogens (primary N) is 1. The normalized spacial score (nSPS) is 22.9. The molecule has 2 N–H and O–H groups in total. The summed E-state index contributed by atoms with van der Waals surface area (Å²) in [6.45, 7) is 3.00. The average molecular weight is 205 g/mol. The third-order valence-electron chi connectivity index (χ3n) is 3.05. The minimum atomic E-state index is 0.119. The summed E-state index contributed by atoms with van der Waals surface area (Å²) >= 11 is 0. The van der Waals surface area contributed by atoms with E-state index >= 15 is 0 Å². The highest BCUT2D eigenvalue weighted by atomic mass is 16.5. The van der Waals surface area contributed by atoms with E-state index in [1.807, 2.05) is 0 Å². The topological polar surface area (TPSA) is 35.2 Å². The van der Waals surface area contributed by atoms with Crippen LogP contribution in [0.3, 0.4) is 0 Å². The number of ether oxygens (including phenoxy) is 1. The van der Waals surface area contributed by atoms with Gasteiger partial charge >= 0.3 is 0 Å². The molecule has 1 aromatic rings. The molecule has 0 amide bonds. The second-order valence-electron chi connectivity index (χ2n) is 4.39. The predicted molar refractivity (Wildman–Crippen MR) is 61.7 cm³/mol. The number of hydrogen-bond donors (Lipinski definition) is 1. The van der Waals surface area contributed by atoms with Crippen LogP contribution in [0.4, 0.5) is 0 Å². The van der Waals surface area contributed by atoms with Gasteiger partial charge in [0.2, 0.25) is 0 Å². The van der Waals surface area contributed by atoms with E-state index in [1.165, 1.54) is 24.0 Å². The summed E-state index contributed by atoms with van der Waals surface area (Å²) in [6, 6.07) is 8.59. The van der Waals surface area contributed by atoms with Gasteiger partial charge < -0.3 is 10.5 Å². The van der Waals surface area contributed by atoms with Crippen molar-refractivity contribution in [1.29, 1.82) is 0 Å². The Morgan fingerprint density at radius 3 is 2.73 bits per heavy atom. The molecule has 1 saturated heterocycles. The Bertz CT molecular complexity index is 301. The lowest BCUT2D eigenvalue weighted by Crippen LogP contribution is -2.18. The van der Waals surface area contributed by atoms with E-state index in [2.05, 4.69) is 31.2 Å². The second kappa shape index (κ2) is 4.77. The van der Waals surface area contributed by atoms with Crippen LogP contribution in [-0.4, -0.2) is 12.7 Å². The fourth-order valence-corrected chi connectivity index (χ4v) is 2.06. The van der Waals surface area contributed by atoms with Crippen molar-refractivity contribution < 1.29 is 4.74 Å². The molecule has 0 spiro atoms. The molecule has 0 saturated carbocycles. The maximum absolute atomic E-state index is 6.14. The Morgan fingerprint density at radius 2 is 2.13 bits per heavy atom. The van der Waals surface area contributed by atoms with Gasteiger partial charge in [0.25, 0.3) is 0 Å². The lowest BCUT2D eigenvalue weighted by molar-refractivity contribution is 0.0983. The predicted octanol–water partition coefficient (Wildman–Crippen LogP) is 2.56. The number of rotatable bonds is 3. The third-order valence-corrected chi connectivity index (χ3v) is 3.05. The van der Waals surface area contributed by atoms with Gasteiger partial charge in [-0.05, 0) is 31.7 Å². The summed E-state index contributed by atoms with van der Waals surface area (Å²) in [5.74, 6) is 0. The van der Waals surface area contributed by atoms with Crippen molar-refractivity contribution in [1.82, 2.24) is 0 Å². The van der Waals surface area contributed by atoms with Crippen LogP contribution in [0.5, 0.6) is 0 Å². The van der Waals surface area contributed by atoms with Crippen LogP contribution >= 0.6 is 0 Å². The molecule has 2 unspecified atom stereocenters. The largest absolute Gasteiger partial charge is 0.378 e. The van der Waals surface area contributed by atoms with Crippen molar-refractivity contribution in [3.8, 4) is 0 Å². The van der Waals surface area contributed by atoms with Gasteiger partial charge in [0.05, 0.1) is 6.10 Å². The summed E-state index contributed by atoms with van der Waals surface area (Å²) in [6.07, 6.45) is 3.68. The van der Waals surface area contributed by atoms with Crippen molar-refractivity contribution in [3.63, 3.8) is 0 Å². The lowest BCUT2D eigenvalue weighted by atomic mass is 9.99. The minimum Gasteiger partial charge on any atom is -0.378 e. The van der Waals surface area contributed by atoms with E-state index in [0.29, 0.717) is 6.10 Å². The Balaban J connectivity index is 1.94. The van der Waals surface area contributed by atoms with Crippen LogP contribution < -0.4 is 5.73 Å². The molecule has 1 fully saturated rings. The first-order valence-corrected chi connectivity index (χ1v) is 5.69. The van der Waals surface area contributed by atoms with E-state index in [1.54, 1.807) is 0 Å². The van der Waals surface area contributed by atoms with Crippen molar-refractivity contribution in [3.05, 3.63) is 35.4 Å². The van der Waals surface area contributed by atoms with Crippen LogP contribution in [0.25, 0.3) is 0 Å². The van der Waals surface area contributed by atoms with E-state index < -0.39 is 0 Å². The van der Waals surface area contributed by atoms with Gasteiger partial charge in [-0.15, -0.1) is 0 Å². The Labute approximate surface area is 91.4 Å². The first-order chi connectivity index (χ1) is 7.25. The van der Waals surface area contributed by atoms with E-state index in [0.717, 1.165) is 13.0 Å². The molecule has 1 aliphatic rings. The molecule has 1 aromatic carbocycles. The quantitative estimate of drug-likeness (QED) is 0.823. The molecular formula is C13H19NO. The summed E-state index contributed by atoms with van der Waals surface area (Å²) in [7, 11) is 0. The molecule has 0 aromatic heterocycles. The molecule has 2 heteroatoms. The van der Waals surface area contributed by atoms with Crippen LogP contribution in [0.1, 0.15) is 36.4 Å². The monoisotopic (exact) mass is 205 g/mol. The first-order valence-electron chi connectivity index (χ1n) is 5.69. The molecule has 1 heterocycles. The highest BCUT2D eigenvalue weighted by molar-refractivity contribution is 5.23. The average Bonchev–Trinajstić information content (AvgIpc) is 2.71. The lowest BCUT2D eigenvalue weighted by Gasteiger charge is -2.16. The number of aryl methyl sites for hydroxylation is 1. The molecule has 0 bridgehead atoms. The van der Waals surface area contributed by atoms with Crippen LogP contribution in [0.15, 0.2) is 24.3 Å². The number of hydrogen-bond acceptors (Lipinski definition) is 2. The SMILES string of the molecule is Cc1ccc(C(N)CC2CCCO2)cc1. The fourth-order valence-electron chi connectivity index (χ4n) is 2.06. The standard InChI is InChI=1S/C13H19NO/c1-10-4-6-11(7-5-10)13(14)9-12-3-2-8-15-12/h4-7,12-13H,2-3,8-9,14H2,1H3. The molecule has 1 aliphatic heterocycles. The zero-order chi connectivity index (χ0) is 10.7. The third kappa shape index (κ3) is 2.80. The Hall–Kier alpha value is -0.860. The van der Waals surface area contributed by atoms with Gasteiger partial charge in [0.15, 0.2) is 0 Å². The van der Waals surface area contributed by atoms with Crippen molar-refractivity contribution in [2.45, 2.75) is 38.3 Å². The summed E-state index contributed by atoms with van der Waals surface area (Å²) in [4.78, 5) is 0. The molecule has 15 heavy (non-hydrogen) atoms. The van der Waals surface area contributed by atoms with E-state index in [4.69, 9.17) is 10.5 Å². The highest BCUT2D eigenvalue weighted by Gasteiger charge is 2.19. The van der Waals surface area contributed by atoms with Gasteiger partial charge in [-0.3, -0.25) is 0 Å². The molecule has 0 radical (unpaired) electrons.